The molecule has 1 aliphatic heterocycles. The van der Waals surface area contributed by atoms with E-state index in [0.29, 0.717) is 23.3 Å². The minimum absolute atomic E-state index is 0.0306. The van der Waals surface area contributed by atoms with Crippen molar-refractivity contribution in [1.29, 1.82) is 0 Å². The summed E-state index contributed by atoms with van der Waals surface area (Å²) in [7, 11) is 1.74. The van der Waals surface area contributed by atoms with Crippen LogP contribution in [0.5, 0.6) is 0 Å². The standard InChI is InChI=1S/C19H19N3O2S/c1-12-9-10-16(25-12)19(24)22-11-5-8-15(22)17-20-14-7-4-3-6-13(14)18(23)21(17)2/h3-4,6-7,9-10,15H,5,8,11H2,1-2H3. The van der Waals surface area contributed by atoms with Crippen LogP contribution in [0.15, 0.2) is 41.2 Å². The fraction of sp³-hybridized carbons (Fsp3) is 0.316. The average molecular weight is 353 g/mol. The first-order valence-corrected chi connectivity index (χ1v) is 9.21. The third-order valence-electron chi connectivity index (χ3n) is 4.78. The Labute approximate surface area is 149 Å². The summed E-state index contributed by atoms with van der Waals surface area (Å²) < 4.78 is 1.60. The van der Waals surface area contributed by atoms with Crippen molar-refractivity contribution in [3.05, 3.63) is 62.3 Å². The molecule has 4 rings (SSSR count). The zero-order valence-electron chi connectivity index (χ0n) is 14.2. The number of likely N-dealkylation sites (tertiary alicyclic amines) is 1. The zero-order valence-corrected chi connectivity index (χ0v) is 15.0. The van der Waals surface area contributed by atoms with Crippen molar-refractivity contribution in [2.75, 3.05) is 6.54 Å². The van der Waals surface area contributed by atoms with E-state index in [1.807, 2.05) is 42.2 Å². The third kappa shape index (κ3) is 2.66. The number of aryl methyl sites for hydroxylation is 1. The number of fused-ring (bicyclic) bond motifs is 1. The molecule has 128 valence electrons. The van der Waals surface area contributed by atoms with E-state index in [9.17, 15) is 9.59 Å². The molecule has 2 aromatic heterocycles. The van der Waals surface area contributed by atoms with Crippen LogP contribution >= 0.6 is 11.3 Å². The topological polar surface area (TPSA) is 55.2 Å². The molecule has 0 aliphatic carbocycles. The van der Waals surface area contributed by atoms with E-state index in [0.717, 1.165) is 22.6 Å². The van der Waals surface area contributed by atoms with Gasteiger partial charge in [0.25, 0.3) is 11.5 Å². The van der Waals surface area contributed by atoms with Crippen LogP contribution in [0.4, 0.5) is 0 Å². The SMILES string of the molecule is Cc1ccc(C(=O)N2CCCC2c2nc3ccccc3c(=O)n2C)s1. The maximum Gasteiger partial charge on any atom is 0.264 e. The summed E-state index contributed by atoms with van der Waals surface area (Å²) in [6, 6.07) is 11.1. The molecule has 0 bridgehead atoms. The Hall–Kier alpha value is -2.47. The monoisotopic (exact) mass is 353 g/mol. The van der Waals surface area contributed by atoms with Crippen molar-refractivity contribution in [1.82, 2.24) is 14.5 Å². The predicted octanol–water partition coefficient (Wildman–Crippen LogP) is 3.28. The van der Waals surface area contributed by atoms with Crippen LogP contribution in [0.1, 0.15) is 39.3 Å². The van der Waals surface area contributed by atoms with Crippen molar-refractivity contribution in [3.8, 4) is 0 Å². The largest absolute Gasteiger partial charge is 0.328 e. The van der Waals surface area contributed by atoms with Crippen molar-refractivity contribution in [2.45, 2.75) is 25.8 Å². The van der Waals surface area contributed by atoms with E-state index < -0.39 is 0 Å². The van der Waals surface area contributed by atoms with Gasteiger partial charge in [0.05, 0.1) is 21.8 Å². The minimum Gasteiger partial charge on any atom is -0.328 e. The van der Waals surface area contributed by atoms with Crippen molar-refractivity contribution in [2.24, 2.45) is 7.05 Å². The number of carbonyl (C=O) groups excluding carboxylic acids is 1. The lowest BCUT2D eigenvalue weighted by Crippen LogP contribution is -2.34. The quantitative estimate of drug-likeness (QED) is 0.710. The lowest BCUT2D eigenvalue weighted by molar-refractivity contribution is 0.0732. The summed E-state index contributed by atoms with van der Waals surface area (Å²) in [4.78, 5) is 34.1. The molecule has 0 spiro atoms. The summed E-state index contributed by atoms with van der Waals surface area (Å²) in [6.45, 7) is 2.70. The molecule has 6 heteroatoms. The number of hydrogen-bond donors (Lipinski definition) is 0. The molecule has 1 saturated heterocycles. The normalized spacial score (nSPS) is 17.4. The Kier molecular flexibility index (Phi) is 3.92. The van der Waals surface area contributed by atoms with Crippen LogP contribution in [0.2, 0.25) is 0 Å². The minimum atomic E-state index is -0.155. The number of amides is 1. The van der Waals surface area contributed by atoms with Gasteiger partial charge in [0.2, 0.25) is 0 Å². The molecule has 1 aliphatic rings. The van der Waals surface area contributed by atoms with Crippen molar-refractivity contribution >= 4 is 28.1 Å². The van der Waals surface area contributed by atoms with Gasteiger partial charge in [-0.25, -0.2) is 4.98 Å². The maximum absolute atomic E-state index is 12.9. The van der Waals surface area contributed by atoms with E-state index in [1.165, 1.54) is 11.3 Å². The van der Waals surface area contributed by atoms with Crippen LogP contribution in [0.3, 0.4) is 0 Å². The van der Waals surface area contributed by atoms with Gasteiger partial charge < -0.3 is 4.90 Å². The highest BCUT2D eigenvalue weighted by atomic mass is 32.1. The van der Waals surface area contributed by atoms with E-state index >= 15 is 0 Å². The number of rotatable bonds is 2. The molecule has 0 radical (unpaired) electrons. The number of carbonyl (C=O) groups is 1. The van der Waals surface area contributed by atoms with Crippen LogP contribution < -0.4 is 5.56 Å². The van der Waals surface area contributed by atoms with E-state index in [-0.39, 0.29) is 17.5 Å². The second-order valence-electron chi connectivity index (χ2n) is 6.42. The van der Waals surface area contributed by atoms with Crippen LogP contribution in [0.25, 0.3) is 10.9 Å². The molecule has 0 saturated carbocycles. The molecule has 3 heterocycles. The third-order valence-corrected chi connectivity index (χ3v) is 5.77. The Morgan fingerprint density at radius 2 is 2.04 bits per heavy atom. The first-order chi connectivity index (χ1) is 12.1. The molecule has 1 aromatic carbocycles. The summed E-state index contributed by atoms with van der Waals surface area (Å²) in [5, 5.41) is 0.610. The van der Waals surface area contributed by atoms with Gasteiger partial charge in [-0.1, -0.05) is 12.1 Å². The smallest absolute Gasteiger partial charge is 0.264 e. The maximum atomic E-state index is 12.9. The molecule has 3 aromatic rings. The van der Waals surface area contributed by atoms with E-state index in [2.05, 4.69) is 0 Å². The Morgan fingerprint density at radius 1 is 1.24 bits per heavy atom. The van der Waals surface area contributed by atoms with Gasteiger partial charge in [-0.05, 0) is 44.0 Å². The highest BCUT2D eigenvalue weighted by Crippen LogP contribution is 2.33. The number of nitrogens with zero attached hydrogens (tertiary/aromatic N) is 3. The Morgan fingerprint density at radius 3 is 2.80 bits per heavy atom. The van der Waals surface area contributed by atoms with Gasteiger partial charge >= 0.3 is 0 Å². The number of hydrogen-bond acceptors (Lipinski definition) is 4. The number of para-hydroxylation sites is 1. The molecule has 1 unspecified atom stereocenters. The average Bonchev–Trinajstić information content (AvgIpc) is 3.26. The van der Waals surface area contributed by atoms with Crippen molar-refractivity contribution < 1.29 is 4.79 Å². The molecule has 1 atom stereocenters. The van der Waals surface area contributed by atoms with Gasteiger partial charge in [0.15, 0.2) is 0 Å². The fourth-order valence-electron chi connectivity index (χ4n) is 3.50. The first-order valence-electron chi connectivity index (χ1n) is 8.39. The lowest BCUT2D eigenvalue weighted by Gasteiger charge is -2.25. The summed E-state index contributed by atoms with van der Waals surface area (Å²) in [6.07, 6.45) is 1.75. The van der Waals surface area contributed by atoms with Crippen LogP contribution in [-0.4, -0.2) is 26.9 Å². The first kappa shape index (κ1) is 16.0. The highest BCUT2D eigenvalue weighted by molar-refractivity contribution is 7.13. The van der Waals surface area contributed by atoms with E-state index in [1.54, 1.807) is 17.7 Å². The lowest BCUT2D eigenvalue weighted by atomic mass is 10.1. The summed E-state index contributed by atoms with van der Waals surface area (Å²) in [5.74, 6) is 0.700. The molecule has 5 nitrogen and oxygen atoms in total. The molecule has 1 fully saturated rings. The molecule has 0 N–H and O–H groups in total. The summed E-state index contributed by atoms with van der Waals surface area (Å²) >= 11 is 1.51. The van der Waals surface area contributed by atoms with E-state index in [4.69, 9.17) is 4.98 Å². The Balaban J connectivity index is 1.78. The van der Waals surface area contributed by atoms with Gasteiger partial charge in [0.1, 0.15) is 5.82 Å². The van der Waals surface area contributed by atoms with Crippen LogP contribution in [0, 0.1) is 6.92 Å². The molecular weight excluding hydrogens is 334 g/mol. The number of aromatic nitrogens is 2. The predicted molar refractivity (Wildman–Crippen MR) is 99.1 cm³/mol. The second-order valence-corrected chi connectivity index (χ2v) is 7.71. The zero-order chi connectivity index (χ0) is 17.6. The van der Waals surface area contributed by atoms with Gasteiger partial charge in [0, 0.05) is 18.5 Å². The molecular formula is C19H19N3O2S. The summed E-state index contributed by atoms with van der Waals surface area (Å²) in [5.41, 5.74) is 0.624. The molecule has 1 amide bonds. The van der Waals surface area contributed by atoms with Gasteiger partial charge in [-0.3, -0.25) is 14.2 Å². The Bertz CT molecular complexity index is 1020. The van der Waals surface area contributed by atoms with Gasteiger partial charge in [-0.15, -0.1) is 11.3 Å². The fourth-order valence-corrected chi connectivity index (χ4v) is 4.33. The molecule has 25 heavy (non-hydrogen) atoms. The van der Waals surface area contributed by atoms with Crippen molar-refractivity contribution in [3.63, 3.8) is 0 Å². The van der Waals surface area contributed by atoms with Crippen LogP contribution in [-0.2, 0) is 7.05 Å². The number of benzene rings is 1. The van der Waals surface area contributed by atoms with Gasteiger partial charge in [-0.2, -0.15) is 0 Å². The highest BCUT2D eigenvalue weighted by Gasteiger charge is 2.34. The second kappa shape index (κ2) is 6.11. The number of thiophene rings is 1.